The molecule has 0 aliphatic heterocycles. The van der Waals surface area contributed by atoms with E-state index in [2.05, 4.69) is 41.5 Å². The summed E-state index contributed by atoms with van der Waals surface area (Å²) in [5, 5.41) is 12.2. The van der Waals surface area contributed by atoms with Crippen molar-refractivity contribution in [1.29, 1.82) is 0 Å². The molecule has 1 N–H and O–H groups in total. The SMILES string of the molecule is Cc1ccc(Nc2nnc(S[C@H](C)C(=O)N(C)Cc3ccccc3)s2)cc1C. The van der Waals surface area contributed by atoms with Gasteiger partial charge in [-0.05, 0) is 49.6 Å². The molecule has 1 aromatic heterocycles. The molecule has 2 aromatic carbocycles. The van der Waals surface area contributed by atoms with Crippen molar-refractivity contribution in [3.05, 3.63) is 65.2 Å². The van der Waals surface area contributed by atoms with Crippen molar-refractivity contribution >= 4 is 39.8 Å². The van der Waals surface area contributed by atoms with Crippen molar-refractivity contribution in [2.24, 2.45) is 0 Å². The van der Waals surface area contributed by atoms with Crippen molar-refractivity contribution < 1.29 is 4.79 Å². The molecule has 0 saturated carbocycles. The summed E-state index contributed by atoms with van der Waals surface area (Å²) in [7, 11) is 1.83. The van der Waals surface area contributed by atoms with E-state index >= 15 is 0 Å². The zero-order chi connectivity index (χ0) is 20.1. The first-order valence-corrected chi connectivity index (χ1v) is 10.8. The van der Waals surface area contributed by atoms with Crippen LogP contribution < -0.4 is 5.32 Å². The van der Waals surface area contributed by atoms with Crippen LogP contribution in [0.4, 0.5) is 10.8 Å². The van der Waals surface area contributed by atoms with Gasteiger partial charge in [-0.1, -0.05) is 59.5 Å². The Kier molecular flexibility index (Phi) is 6.70. The van der Waals surface area contributed by atoms with Crippen LogP contribution >= 0.6 is 23.1 Å². The van der Waals surface area contributed by atoms with E-state index in [-0.39, 0.29) is 11.2 Å². The highest BCUT2D eigenvalue weighted by Gasteiger charge is 2.21. The van der Waals surface area contributed by atoms with Crippen LogP contribution in [0.3, 0.4) is 0 Å². The molecule has 0 bridgehead atoms. The lowest BCUT2D eigenvalue weighted by molar-refractivity contribution is -0.129. The lowest BCUT2D eigenvalue weighted by Crippen LogP contribution is -2.32. The second-order valence-electron chi connectivity index (χ2n) is 6.74. The summed E-state index contributed by atoms with van der Waals surface area (Å²) in [5.41, 5.74) is 4.59. The van der Waals surface area contributed by atoms with Gasteiger partial charge in [0, 0.05) is 19.3 Å². The van der Waals surface area contributed by atoms with Gasteiger partial charge in [0.25, 0.3) is 0 Å². The molecule has 0 radical (unpaired) electrons. The molecular formula is C21H24N4OS2. The summed E-state index contributed by atoms with van der Waals surface area (Å²) in [4.78, 5) is 14.4. The molecule has 0 saturated heterocycles. The highest BCUT2D eigenvalue weighted by Crippen LogP contribution is 2.31. The first kappa shape index (κ1) is 20.4. The van der Waals surface area contributed by atoms with Gasteiger partial charge >= 0.3 is 0 Å². The topological polar surface area (TPSA) is 58.1 Å². The number of carbonyl (C=O) groups excluding carboxylic acids is 1. The number of anilines is 2. The fourth-order valence-electron chi connectivity index (χ4n) is 2.70. The normalized spacial score (nSPS) is 11.9. The summed E-state index contributed by atoms with van der Waals surface area (Å²) in [6.45, 7) is 6.68. The second kappa shape index (κ2) is 9.21. The van der Waals surface area contributed by atoms with Crippen molar-refractivity contribution in [1.82, 2.24) is 15.1 Å². The van der Waals surface area contributed by atoms with Crippen molar-refractivity contribution in [2.75, 3.05) is 12.4 Å². The number of benzene rings is 2. The lowest BCUT2D eigenvalue weighted by atomic mass is 10.1. The Labute approximate surface area is 174 Å². The Hall–Kier alpha value is -2.38. The molecule has 0 spiro atoms. The monoisotopic (exact) mass is 412 g/mol. The van der Waals surface area contributed by atoms with Crippen LogP contribution in [0, 0.1) is 13.8 Å². The van der Waals surface area contributed by atoms with Crippen LogP contribution in [-0.2, 0) is 11.3 Å². The summed E-state index contributed by atoms with van der Waals surface area (Å²) in [5.74, 6) is 0.0766. The van der Waals surface area contributed by atoms with Gasteiger partial charge in [-0.3, -0.25) is 4.79 Å². The predicted molar refractivity (Wildman–Crippen MR) is 117 cm³/mol. The molecule has 3 aromatic rings. The van der Waals surface area contributed by atoms with Gasteiger partial charge in [0.2, 0.25) is 11.0 Å². The molecule has 0 aliphatic carbocycles. The molecule has 0 fully saturated rings. The zero-order valence-corrected chi connectivity index (χ0v) is 18.1. The largest absolute Gasteiger partial charge is 0.340 e. The second-order valence-corrected chi connectivity index (χ2v) is 9.30. The lowest BCUT2D eigenvalue weighted by Gasteiger charge is -2.20. The van der Waals surface area contributed by atoms with Crippen molar-refractivity contribution in [3.8, 4) is 0 Å². The molecule has 3 rings (SSSR count). The van der Waals surface area contributed by atoms with Gasteiger partial charge in [0.05, 0.1) is 5.25 Å². The predicted octanol–water partition coefficient (Wildman–Crippen LogP) is 5.04. The Morgan fingerprint density at radius 1 is 1.14 bits per heavy atom. The molecule has 1 heterocycles. The van der Waals surface area contributed by atoms with Crippen LogP contribution in [0.1, 0.15) is 23.6 Å². The fourth-order valence-corrected chi connectivity index (χ4v) is 4.73. The molecule has 0 aliphatic rings. The minimum Gasteiger partial charge on any atom is -0.340 e. The number of thioether (sulfide) groups is 1. The quantitative estimate of drug-likeness (QED) is 0.551. The Balaban J connectivity index is 1.57. The zero-order valence-electron chi connectivity index (χ0n) is 16.5. The summed E-state index contributed by atoms with van der Waals surface area (Å²) in [6, 6.07) is 16.2. The van der Waals surface area contributed by atoms with Crippen LogP contribution in [0.25, 0.3) is 0 Å². The first-order valence-electron chi connectivity index (χ1n) is 9.05. The number of carbonyl (C=O) groups is 1. The third-order valence-electron chi connectivity index (χ3n) is 4.43. The summed E-state index contributed by atoms with van der Waals surface area (Å²) >= 11 is 2.90. The van der Waals surface area contributed by atoms with E-state index in [0.717, 1.165) is 20.7 Å². The number of aryl methyl sites for hydroxylation is 2. The molecule has 1 amide bonds. The Bertz CT molecular complexity index is 943. The molecule has 146 valence electrons. The van der Waals surface area contributed by atoms with Crippen LogP contribution in [-0.4, -0.2) is 33.3 Å². The number of rotatable bonds is 7. The maximum absolute atomic E-state index is 12.7. The standard InChI is InChI=1S/C21H24N4OS2/c1-14-10-11-18(12-15(14)2)22-20-23-24-21(28-20)27-16(3)19(26)25(4)13-17-8-6-5-7-9-17/h5-12,16H,13H2,1-4H3,(H,22,23)/t16-/m1/s1. The van der Waals surface area contributed by atoms with Gasteiger partial charge in [-0.2, -0.15) is 0 Å². The number of hydrogen-bond donors (Lipinski definition) is 1. The van der Waals surface area contributed by atoms with Gasteiger partial charge in [-0.25, -0.2) is 0 Å². The van der Waals surface area contributed by atoms with Gasteiger partial charge in [-0.15, -0.1) is 10.2 Å². The number of nitrogens with zero attached hydrogens (tertiary/aromatic N) is 3. The number of hydrogen-bond acceptors (Lipinski definition) is 6. The molecule has 1 atom stereocenters. The van der Waals surface area contributed by atoms with Crippen LogP contribution in [0.5, 0.6) is 0 Å². The van der Waals surface area contributed by atoms with Crippen molar-refractivity contribution in [3.63, 3.8) is 0 Å². The smallest absolute Gasteiger partial charge is 0.235 e. The molecule has 28 heavy (non-hydrogen) atoms. The third kappa shape index (κ3) is 5.33. The number of nitrogens with one attached hydrogen (secondary N) is 1. The van der Waals surface area contributed by atoms with E-state index in [0.29, 0.717) is 6.54 Å². The van der Waals surface area contributed by atoms with Gasteiger partial charge < -0.3 is 10.2 Å². The molecule has 7 heteroatoms. The van der Waals surface area contributed by atoms with Crippen LogP contribution in [0.15, 0.2) is 52.9 Å². The highest BCUT2D eigenvalue weighted by atomic mass is 32.2. The fraction of sp³-hybridized carbons (Fsp3) is 0.286. The van der Waals surface area contributed by atoms with E-state index in [1.54, 1.807) is 4.90 Å². The Morgan fingerprint density at radius 3 is 2.61 bits per heavy atom. The van der Waals surface area contributed by atoms with E-state index in [1.165, 1.54) is 34.2 Å². The third-order valence-corrected chi connectivity index (χ3v) is 6.44. The van der Waals surface area contributed by atoms with E-state index in [9.17, 15) is 4.79 Å². The maximum atomic E-state index is 12.7. The van der Waals surface area contributed by atoms with Gasteiger partial charge in [0.1, 0.15) is 0 Å². The van der Waals surface area contributed by atoms with E-state index in [4.69, 9.17) is 0 Å². The number of amides is 1. The summed E-state index contributed by atoms with van der Waals surface area (Å²) < 4.78 is 0.778. The molecular weight excluding hydrogens is 388 g/mol. The van der Waals surface area contributed by atoms with E-state index in [1.807, 2.05) is 50.4 Å². The maximum Gasteiger partial charge on any atom is 0.235 e. The van der Waals surface area contributed by atoms with Gasteiger partial charge in [0.15, 0.2) is 4.34 Å². The van der Waals surface area contributed by atoms with E-state index < -0.39 is 0 Å². The molecule has 5 nitrogen and oxygen atoms in total. The van der Waals surface area contributed by atoms with Crippen molar-refractivity contribution in [2.45, 2.75) is 36.9 Å². The summed E-state index contributed by atoms with van der Waals surface area (Å²) in [6.07, 6.45) is 0. The first-order chi connectivity index (χ1) is 13.4. The highest BCUT2D eigenvalue weighted by molar-refractivity contribution is 8.02. The number of aromatic nitrogens is 2. The minimum absolute atomic E-state index is 0.0766. The molecule has 0 unspecified atom stereocenters. The average molecular weight is 413 g/mol. The Morgan fingerprint density at radius 2 is 1.89 bits per heavy atom. The van der Waals surface area contributed by atoms with Crippen LogP contribution in [0.2, 0.25) is 0 Å². The average Bonchev–Trinajstić information content (AvgIpc) is 3.11. The minimum atomic E-state index is -0.226.